The predicted octanol–water partition coefficient (Wildman–Crippen LogP) is 0.377. The van der Waals surface area contributed by atoms with Crippen LogP contribution >= 0.6 is 0 Å². The molecule has 0 saturated carbocycles. The lowest BCUT2D eigenvalue weighted by Crippen LogP contribution is -2.53. The largest absolute Gasteiger partial charge is 0.443 e. The van der Waals surface area contributed by atoms with E-state index in [-0.39, 0.29) is 11.7 Å². The number of carbonyl (C=O) groups is 1. The topological polar surface area (TPSA) is 32.8 Å². The Morgan fingerprint density at radius 2 is 1.86 bits per heavy atom. The second-order valence-electron chi connectivity index (χ2n) is 4.26. The van der Waals surface area contributed by atoms with Crippen molar-refractivity contribution < 1.29 is 9.53 Å². The van der Waals surface area contributed by atoms with Crippen molar-refractivity contribution in [3.63, 3.8) is 0 Å². The fourth-order valence-corrected chi connectivity index (χ4v) is 2.06. The highest BCUT2D eigenvalue weighted by atomic mass is 16.6. The summed E-state index contributed by atoms with van der Waals surface area (Å²) in [7, 11) is 7.44. The van der Waals surface area contributed by atoms with E-state index in [4.69, 9.17) is 12.7 Å². The zero-order valence-corrected chi connectivity index (χ0v) is 8.53. The number of piperidine rings is 1. The van der Waals surface area contributed by atoms with Gasteiger partial charge in [0.1, 0.15) is 5.60 Å². The maximum absolute atomic E-state index is 11.4. The van der Waals surface area contributed by atoms with E-state index in [0.29, 0.717) is 0 Å². The van der Waals surface area contributed by atoms with E-state index in [1.54, 1.807) is 16.8 Å². The van der Waals surface area contributed by atoms with Crippen molar-refractivity contribution in [1.82, 2.24) is 9.71 Å². The van der Waals surface area contributed by atoms with Crippen molar-refractivity contribution >= 4 is 14.1 Å². The normalized spacial score (nSPS) is 27.8. The van der Waals surface area contributed by atoms with Crippen LogP contribution in [0.1, 0.15) is 19.3 Å². The SMILES string of the molecule is [B]N1CCC2(CC1)CCN(C)C(=O)O2. The van der Waals surface area contributed by atoms with Gasteiger partial charge in [-0.3, -0.25) is 0 Å². The lowest BCUT2D eigenvalue weighted by atomic mass is 9.86. The Kier molecular flexibility index (Phi) is 2.43. The summed E-state index contributed by atoms with van der Waals surface area (Å²) in [5, 5.41) is 0. The van der Waals surface area contributed by atoms with Crippen LogP contribution in [0, 0.1) is 0 Å². The molecular formula is C9H15BN2O2. The first-order valence-electron chi connectivity index (χ1n) is 5.05. The van der Waals surface area contributed by atoms with E-state index in [1.807, 2.05) is 0 Å². The van der Waals surface area contributed by atoms with Crippen LogP contribution in [0.3, 0.4) is 0 Å². The highest BCUT2D eigenvalue weighted by Crippen LogP contribution is 2.32. The summed E-state index contributed by atoms with van der Waals surface area (Å²) in [4.78, 5) is 14.8. The molecule has 76 valence electrons. The molecule has 14 heavy (non-hydrogen) atoms. The Balaban J connectivity index is 2.00. The molecule has 2 radical (unpaired) electrons. The van der Waals surface area contributed by atoms with Gasteiger partial charge in [0.15, 0.2) is 7.98 Å². The minimum atomic E-state index is -0.223. The molecule has 0 aliphatic carbocycles. The van der Waals surface area contributed by atoms with Crippen molar-refractivity contribution in [2.45, 2.75) is 24.9 Å². The number of rotatable bonds is 0. The predicted molar refractivity (Wildman–Crippen MR) is 53.0 cm³/mol. The molecule has 4 nitrogen and oxygen atoms in total. The van der Waals surface area contributed by atoms with Gasteiger partial charge in [0.2, 0.25) is 0 Å². The first-order chi connectivity index (χ1) is 6.61. The van der Waals surface area contributed by atoms with Crippen molar-refractivity contribution in [3.8, 4) is 0 Å². The number of hydrogen-bond donors (Lipinski definition) is 0. The zero-order chi connectivity index (χ0) is 10.2. The molecule has 0 aromatic rings. The molecule has 2 heterocycles. The molecule has 0 unspecified atom stereocenters. The van der Waals surface area contributed by atoms with Gasteiger partial charge in [0, 0.05) is 20.0 Å². The molecule has 1 spiro atoms. The van der Waals surface area contributed by atoms with E-state index in [0.717, 1.165) is 38.9 Å². The van der Waals surface area contributed by atoms with Crippen LogP contribution in [0.15, 0.2) is 0 Å². The Labute approximate surface area is 85.6 Å². The molecule has 0 atom stereocenters. The second kappa shape index (κ2) is 3.46. The van der Waals surface area contributed by atoms with E-state index in [1.165, 1.54) is 0 Å². The van der Waals surface area contributed by atoms with E-state index >= 15 is 0 Å². The first-order valence-corrected chi connectivity index (χ1v) is 5.05. The van der Waals surface area contributed by atoms with Gasteiger partial charge in [-0.05, 0) is 25.9 Å². The molecular weight excluding hydrogens is 179 g/mol. The molecule has 0 aromatic carbocycles. The first kappa shape index (κ1) is 9.83. The highest BCUT2D eigenvalue weighted by Gasteiger charge is 2.41. The lowest BCUT2D eigenvalue weighted by Gasteiger charge is -2.44. The van der Waals surface area contributed by atoms with Crippen LogP contribution in [0.5, 0.6) is 0 Å². The summed E-state index contributed by atoms with van der Waals surface area (Å²) < 4.78 is 5.48. The second-order valence-corrected chi connectivity index (χ2v) is 4.26. The fourth-order valence-electron chi connectivity index (χ4n) is 2.06. The summed E-state index contributed by atoms with van der Waals surface area (Å²) in [6.45, 7) is 2.43. The Morgan fingerprint density at radius 1 is 1.29 bits per heavy atom. The third-order valence-corrected chi connectivity index (χ3v) is 3.23. The number of nitrogens with zero attached hydrogens (tertiary/aromatic N) is 2. The van der Waals surface area contributed by atoms with Crippen molar-refractivity contribution in [3.05, 3.63) is 0 Å². The van der Waals surface area contributed by atoms with Crippen LogP contribution in [-0.2, 0) is 4.74 Å². The quantitative estimate of drug-likeness (QED) is 0.522. The van der Waals surface area contributed by atoms with Crippen LogP contribution in [0.2, 0.25) is 0 Å². The monoisotopic (exact) mass is 194 g/mol. The molecule has 2 fully saturated rings. The minimum absolute atomic E-state index is 0.193. The smallest absolute Gasteiger partial charge is 0.410 e. The molecule has 2 aliphatic heterocycles. The standard InChI is InChI=1S/C9H15BN2O2/c1-11-5-2-9(14-8(11)13)3-6-12(10)7-4-9/h2-7H2,1H3. The third-order valence-electron chi connectivity index (χ3n) is 3.23. The number of hydrogen-bond acceptors (Lipinski definition) is 3. The third kappa shape index (κ3) is 1.73. The summed E-state index contributed by atoms with van der Waals surface area (Å²) in [6.07, 6.45) is 2.47. The molecule has 0 N–H and O–H groups in total. The van der Waals surface area contributed by atoms with Gasteiger partial charge >= 0.3 is 6.09 Å². The van der Waals surface area contributed by atoms with Crippen molar-refractivity contribution in [2.75, 3.05) is 26.7 Å². The van der Waals surface area contributed by atoms with Gasteiger partial charge in [-0.25, -0.2) is 4.79 Å². The zero-order valence-electron chi connectivity index (χ0n) is 8.53. The average molecular weight is 194 g/mol. The minimum Gasteiger partial charge on any atom is -0.443 e. The summed E-state index contributed by atoms with van der Waals surface area (Å²) >= 11 is 0. The Morgan fingerprint density at radius 3 is 2.43 bits per heavy atom. The van der Waals surface area contributed by atoms with Crippen LogP contribution in [0.4, 0.5) is 4.79 Å². The molecule has 5 heteroatoms. The summed E-state index contributed by atoms with van der Waals surface area (Å²) in [6, 6.07) is 0. The molecule has 2 aliphatic rings. The molecule has 2 saturated heterocycles. The van der Waals surface area contributed by atoms with Crippen LogP contribution < -0.4 is 0 Å². The van der Waals surface area contributed by atoms with Crippen molar-refractivity contribution in [2.24, 2.45) is 0 Å². The molecule has 2 rings (SSSR count). The highest BCUT2D eigenvalue weighted by molar-refractivity contribution is 6.04. The van der Waals surface area contributed by atoms with E-state index < -0.39 is 0 Å². The van der Waals surface area contributed by atoms with Gasteiger partial charge in [0.05, 0.1) is 0 Å². The number of ether oxygens (including phenoxy) is 1. The van der Waals surface area contributed by atoms with Gasteiger partial charge < -0.3 is 14.4 Å². The van der Waals surface area contributed by atoms with Crippen LogP contribution in [-0.4, -0.2) is 56.1 Å². The van der Waals surface area contributed by atoms with Gasteiger partial charge in [0.25, 0.3) is 0 Å². The van der Waals surface area contributed by atoms with E-state index in [2.05, 4.69) is 0 Å². The maximum Gasteiger partial charge on any atom is 0.410 e. The Hall–Kier alpha value is -0.705. The Bertz CT molecular complexity index is 233. The molecule has 0 aromatic heterocycles. The van der Waals surface area contributed by atoms with Gasteiger partial charge in [-0.2, -0.15) is 0 Å². The van der Waals surface area contributed by atoms with Gasteiger partial charge in [-0.15, -0.1) is 0 Å². The van der Waals surface area contributed by atoms with E-state index in [9.17, 15) is 4.79 Å². The fraction of sp³-hybridized carbons (Fsp3) is 0.889. The summed E-state index contributed by atoms with van der Waals surface area (Å²) in [5.74, 6) is 0. The molecule has 0 bridgehead atoms. The summed E-state index contributed by atoms with van der Waals surface area (Å²) in [5.41, 5.74) is -0.223. The van der Waals surface area contributed by atoms with Crippen LogP contribution in [0.25, 0.3) is 0 Å². The number of amides is 1. The molecule has 1 amide bonds. The average Bonchev–Trinajstić information content (AvgIpc) is 2.18. The lowest BCUT2D eigenvalue weighted by molar-refractivity contribution is -0.0684. The maximum atomic E-state index is 11.4. The van der Waals surface area contributed by atoms with Crippen molar-refractivity contribution in [1.29, 1.82) is 0 Å². The van der Waals surface area contributed by atoms with Gasteiger partial charge in [-0.1, -0.05) is 0 Å². The number of carbonyl (C=O) groups excluding carboxylic acids is 1.